The number of likely N-dealkylation sites (tertiary alicyclic amines) is 2. The van der Waals surface area contributed by atoms with Gasteiger partial charge in [-0.3, -0.25) is 39.1 Å². The maximum atomic E-state index is 15.4. The maximum Gasteiger partial charge on any atom is 0.262 e. The van der Waals surface area contributed by atoms with Crippen molar-refractivity contribution in [2.24, 2.45) is 34.5 Å². The molecule has 10 rings (SSSR count). The Morgan fingerprint density at radius 2 is 1.58 bits per heavy atom. The van der Waals surface area contributed by atoms with E-state index in [1.807, 2.05) is 17.0 Å². The minimum Gasteiger partial charge on any atom is -0.489 e. The average Bonchev–Trinajstić information content (AvgIpc) is 3.94. The van der Waals surface area contributed by atoms with E-state index in [1.54, 1.807) is 18.2 Å². The number of nitrogens with zero attached hydrogens (tertiary/aromatic N) is 6. The van der Waals surface area contributed by atoms with Crippen LogP contribution in [0.2, 0.25) is 5.02 Å². The zero-order chi connectivity index (χ0) is 45.0. The van der Waals surface area contributed by atoms with Crippen molar-refractivity contribution in [1.82, 2.24) is 29.9 Å². The summed E-state index contributed by atoms with van der Waals surface area (Å²) in [5, 5.41) is 11.8. The van der Waals surface area contributed by atoms with Crippen molar-refractivity contribution in [1.29, 1.82) is 5.26 Å². The number of nitriles is 1. The second kappa shape index (κ2) is 15.5. The van der Waals surface area contributed by atoms with Crippen molar-refractivity contribution in [3.63, 3.8) is 0 Å². The van der Waals surface area contributed by atoms with E-state index in [2.05, 4.69) is 60.7 Å². The van der Waals surface area contributed by atoms with Gasteiger partial charge in [-0.05, 0) is 79.3 Å². The van der Waals surface area contributed by atoms with Crippen LogP contribution < -0.4 is 10.1 Å². The molecule has 0 radical (unpaired) electrons. The number of hydrogen-bond acceptors (Lipinski definition) is 10. The zero-order valence-electron chi connectivity index (χ0n) is 36.2. The van der Waals surface area contributed by atoms with Crippen LogP contribution in [0.5, 0.6) is 5.75 Å². The number of ether oxygens (including phenoxy) is 1. The Bertz CT molecular complexity index is 2630. The van der Waals surface area contributed by atoms with Crippen molar-refractivity contribution >= 4 is 41.1 Å². The Morgan fingerprint density at radius 1 is 0.891 bits per heavy atom. The fraction of sp³-hybridized carbons (Fsp3) is 0.490. The van der Waals surface area contributed by atoms with Crippen LogP contribution in [0.4, 0.5) is 4.39 Å². The summed E-state index contributed by atoms with van der Waals surface area (Å²) in [6.45, 7) is 13.9. The molecule has 1 N–H and O–H groups in total. The molecule has 7 aliphatic rings. The summed E-state index contributed by atoms with van der Waals surface area (Å²) >= 11 is 6.29. The molecule has 5 amide bonds. The third-order valence-electron chi connectivity index (χ3n) is 15.0. The number of aromatic nitrogens is 1. The van der Waals surface area contributed by atoms with E-state index in [9.17, 15) is 29.2 Å². The lowest BCUT2D eigenvalue weighted by Gasteiger charge is -2.65. The van der Waals surface area contributed by atoms with E-state index in [-0.39, 0.29) is 52.9 Å². The molecule has 0 spiro atoms. The first-order valence-corrected chi connectivity index (χ1v) is 22.5. The maximum absolute atomic E-state index is 15.4. The highest BCUT2D eigenvalue weighted by Crippen LogP contribution is 2.59. The van der Waals surface area contributed by atoms with Gasteiger partial charge in [-0.1, -0.05) is 45.2 Å². The first kappa shape index (κ1) is 42.3. The number of pyridine rings is 1. The molecule has 0 bridgehead atoms. The van der Waals surface area contributed by atoms with Gasteiger partial charge in [0.1, 0.15) is 35.5 Å². The molecule has 2 aliphatic carbocycles. The highest BCUT2D eigenvalue weighted by Gasteiger charge is 2.67. The number of nitrogens with one attached hydrogen (secondary N) is 1. The van der Waals surface area contributed by atoms with Crippen molar-refractivity contribution in [2.45, 2.75) is 84.7 Å². The summed E-state index contributed by atoms with van der Waals surface area (Å²) < 4.78 is 21.9. The molecule has 5 fully saturated rings. The van der Waals surface area contributed by atoms with Crippen LogP contribution in [-0.4, -0.2) is 105 Å². The number of carbonyl (C=O) groups is 5. The van der Waals surface area contributed by atoms with Crippen molar-refractivity contribution in [2.75, 3.05) is 32.7 Å². The van der Waals surface area contributed by atoms with Gasteiger partial charge in [0.15, 0.2) is 0 Å². The molecule has 3 unspecified atom stereocenters. The largest absolute Gasteiger partial charge is 0.489 e. The van der Waals surface area contributed by atoms with Crippen LogP contribution in [0, 0.1) is 63.5 Å². The van der Waals surface area contributed by atoms with Gasteiger partial charge in [-0.25, -0.2) is 9.37 Å². The smallest absolute Gasteiger partial charge is 0.262 e. The predicted molar refractivity (Wildman–Crippen MR) is 231 cm³/mol. The normalized spacial score (nSPS) is 29.0. The summed E-state index contributed by atoms with van der Waals surface area (Å²) in [5.41, 5.74) is 2.09. The Balaban J connectivity index is 0.692. The first-order chi connectivity index (χ1) is 30.5. The molecular formula is C49H49ClFN7O6. The van der Waals surface area contributed by atoms with E-state index in [4.69, 9.17) is 21.3 Å². The van der Waals surface area contributed by atoms with Crippen LogP contribution in [0.1, 0.15) is 107 Å². The van der Waals surface area contributed by atoms with Gasteiger partial charge in [0.2, 0.25) is 11.8 Å². The predicted octanol–water partition coefficient (Wildman–Crippen LogP) is 5.43. The van der Waals surface area contributed by atoms with E-state index >= 15 is 4.39 Å². The summed E-state index contributed by atoms with van der Waals surface area (Å²) in [4.78, 5) is 76.7. The molecular weight excluding hydrogens is 837 g/mol. The molecule has 15 heteroatoms. The number of benzene rings is 2. The highest BCUT2D eigenvalue weighted by atomic mass is 35.5. The third kappa shape index (κ3) is 7.06. The summed E-state index contributed by atoms with van der Waals surface area (Å²) in [6, 6.07) is 12.3. The first-order valence-electron chi connectivity index (χ1n) is 22.2. The molecule has 3 saturated heterocycles. The molecule has 5 aliphatic heterocycles. The van der Waals surface area contributed by atoms with Crippen LogP contribution in [0.3, 0.4) is 0 Å². The van der Waals surface area contributed by atoms with Gasteiger partial charge in [-0.15, -0.1) is 0 Å². The molecule has 6 heterocycles. The topological polar surface area (TPSA) is 156 Å². The minimum atomic E-state index is -1.09. The van der Waals surface area contributed by atoms with E-state index in [1.165, 1.54) is 6.07 Å². The average molecular weight is 886 g/mol. The van der Waals surface area contributed by atoms with Gasteiger partial charge in [-0.2, -0.15) is 5.26 Å². The number of halogens is 2. The number of imide groups is 2. The molecule has 2 aromatic carbocycles. The van der Waals surface area contributed by atoms with Crippen molar-refractivity contribution < 1.29 is 33.1 Å². The van der Waals surface area contributed by atoms with Crippen molar-refractivity contribution in [3.8, 4) is 23.7 Å². The number of amides is 5. The lowest BCUT2D eigenvalue weighted by molar-refractivity contribution is -0.199. The zero-order valence-corrected chi connectivity index (χ0v) is 37.0. The van der Waals surface area contributed by atoms with Gasteiger partial charge < -0.3 is 14.5 Å². The Labute approximate surface area is 376 Å². The molecule has 64 heavy (non-hydrogen) atoms. The molecule has 3 atom stereocenters. The Kier molecular flexibility index (Phi) is 10.2. The van der Waals surface area contributed by atoms with Crippen LogP contribution in [0.25, 0.3) is 0 Å². The SMILES string of the molecule is CC1(C)C(Oc2ccc(C#N)c(Cl)c2)C(C)(C)C1N1Cc2nc(C#CC3CC(CN4CC5CN(Cc6cc7c(cc6F)C(=O)N(C6CCC(=O)NC6=O)C7=O)CC5C4)C3)ccc2C1=O. The minimum absolute atomic E-state index is 0.0216. The number of carbonyl (C=O) groups excluding carboxylic acids is 5. The van der Waals surface area contributed by atoms with E-state index in [0.717, 1.165) is 62.2 Å². The Hall–Kier alpha value is -5.67. The summed E-state index contributed by atoms with van der Waals surface area (Å²) in [5.74, 6) is 6.10. The molecule has 330 valence electrons. The fourth-order valence-corrected chi connectivity index (χ4v) is 12.6. The van der Waals surface area contributed by atoms with Crippen LogP contribution in [0.15, 0.2) is 42.5 Å². The summed E-state index contributed by atoms with van der Waals surface area (Å²) in [6.07, 6.45) is 1.94. The number of fused-ring (bicyclic) bond motifs is 3. The Morgan fingerprint density at radius 3 is 2.25 bits per heavy atom. The lowest BCUT2D eigenvalue weighted by Crippen LogP contribution is -2.74. The van der Waals surface area contributed by atoms with Crippen LogP contribution >= 0.6 is 11.6 Å². The molecule has 3 aromatic rings. The second-order valence-electron chi connectivity index (χ2n) is 20.1. The third-order valence-corrected chi connectivity index (χ3v) is 15.3. The quantitative estimate of drug-likeness (QED) is 0.229. The fourth-order valence-electron chi connectivity index (χ4n) is 12.4. The summed E-state index contributed by atoms with van der Waals surface area (Å²) in [7, 11) is 0. The number of hydrogen-bond donors (Lipinski definition) is 1. The van der Waals surface area contributed by atoms with Crippen molar-refractivity contribution in [3.05, 3.63) is 92.5 Å². The van der Waals surface area contributed by atoms with Gasteiger partial charge in [0, 0.05) is 80.1 Å². The van der Waals surface area contributed by atoms with Gasteiger partial charge in [0.25, 0.3) is 17.7 Å². The van der Waals surface area contributed by atoms with E-state index < -0.39 is 35.5 Å². The molecule has 2 saturated carbocycles. The standard InChI is InChI=1S/C49H49ClFN7O6/c1-48(2)46(49(3,4)47(48)64-33-9-6-28(18-52)37(50)16-33)57-25-39-34(43(57)61)10-8-32(53-39)7-5-26-13-27(14-26)19-55-21-30-23-56(24-31(30)22-55)20-29-15-35-36(17-38(29)51)45(63)58(44(35)62)40-11-12-41(59)54-42(40)60/h6,8-10,15-17,26-27,30-31,40,46-47H,11-14,19-25H2,1-4H3,(H,54,59,60). The number of piperidine rings is 1. The van der Waals surface area contributed by atoms with Gasteiger partial charge >= 0.3 is 0 Å². The van der Waals surface area contributed by atoms with E-state index in [0.29, 0.717) is 69.9 Å². The molecule has 1 aromatic heterocycles. The number of rotatable bonds is 8. The molecule has 13 nitrogen and oxygen atoms in total. The monoisotopic (exact) mass is 885 g/mol. The highest BCUT2D eigenvalue weighted by molar-refractivity contribution is 6.31. The van der Waals surface area contributed by atoms with Crippen LogP contribution in [-0.2, 0) is 22.7 Å². The van der Waals surface area contributed by atoms with Gasteiger partial charge in [0.05, 0.1) is 39.5 Å². The second-order valence-corrected chi connectivity index (χ2v) is 20.5. The lowest BCUT2D eigenvalue weighted by atomic mass is 9.49.